The molecule has 1 aromatic heterocycles. The van der Waals surface area contributed by atoms with Crippen LogP contribution in [-0.4, -0.2) is 18.0 Å². The molecule has 0 bridgehead atoms. The van der Waals surface area contributed by atoms with E-state index in [-0.39, 0.29) is 0 Å². The SMILES string of the molecule is COc1c(N)nsc1NCCC1=CCCCC1. The highest BCUT2D eigenvalue weighted by molar-refractivity contribution is 7.11. The van der Waals surface area contributed by atoms with Crippen molar-refractivity contribution in [3.05, 3.63) is 11.6 Å². The maximum Gasteiger partial charge on any atom is 0.197 e. The first-order valence-corrected chi connectivity index (χ1v) is 6.79. The van der Waals surface area contributed by atoms with Crippen LogP contribution in [0.4, 0.5) is 10.8 Å². The second kappa shape index (κ2) is 5.91. The number of ether oxygens (including phenoxy) is 1. The number of rotatable bonds is 5. The minimum atomic E-state index is 0.469. The summed E-state index contributed by atoms with van der Waals surface area (Å²) in [5.74, 6) is 1.14. The Morgan fingerprint density at radius 3 is 3.12 bits per heavy atom. The van der Waals surface area contributed by atoms with Gasteiger partial charge >= 0.3 is 0 Å². The number of nitrogens with zero attached hydrogens (tertiary/aromatic N) is 1. The zero-order chi connectivity index (χ0) is 12.1. The first kappa shape index (κ1) is 12.2. The monoisotopic (exact) mass is 253 g/mol. The molecule has 0 atom stereocenters. The molecule has 0 amide bonds. The van der Waals surface area contributed by atoms with Crippen molar-refractivity contribution in [2.45, 2.75) is 32.1 Å². The van der Waals surface area contributed by atoms with Crippen LogP contribution < -0.4 is 15.8 Å². The van der Waals surface area contributed by atoms with Gasteiger partial charge in [0.2, 0.25) is 0 Å². The van der Waals surface area contributed by atoms with E-state index in [1.54, 1.807) is 12.7 Å². The van der Waals surface area contributed by atoms with E-state index in [0.717, 1.165) is 18.0 Å². The summed E-state index contributed by atoms with van der Waals surface area (Å²) >= 11 is 1.36. The van der Waals surface area contributed by atoms with Crippen LogP contribution in [0.3, 0.4) is 0 Å². The van der Waals surface area contributed by atoms with Crippen LogP contribution in [0.5, 0.6) is 5.75 Å². The average Bonchev–Trinajstić information content (AvgIpc) is 2.71. The number of allylic oxidation sites excluding steroid dienone is 1. The molecule has 0 spiro atoms. The molecule has 0 unspecified atom stereocenters. The first-order chi connectivity index (χ1) is 8.31. The third-order valence-corrected chi connectivity index (χ3v) is 3.80. The summed E-state index contributed by atoms with van der Waals surface area (Å²) < 4.78 is 9.27. The van der Waals surface area contributed by atoms with Crippen molar-refractivity contribution >= 4 is 22.4 Å². The maximum absolute atomic E-state index is 5.69. The maximum atomic E-state index is 5.69. The molecule has 1 aliphatic carbocycles. The average molecular weight is 253 g/mol. The fourth-order valence-corrected chi connectivity index (χ4v) is 2.78. The van der Waals surface area contributed by atoms with Gasteiger partial charge < -0.3 is 15.8 Å². The molecule has 1 aromatic rings. The van der Waals surface area contributed by atoms with Crippen LogP contribution in [0.2, 0.25) is 0 Å². The molecule has 0 aliphatic heterocycles. The highest BCUT2D eigenvalue weighted by Gasteiger charge is 2.11. The smallest absolute Gasteiger partial charge is 0.197 e. The molecular formula is C12H19N3OS. The van der Waals surface area contributed by atoms with E-state index in [9.17, 15) is 0 Å². The third-order valence-electron chi connectivity index (χ3n) is 2.99. The molecule has 17 heavy (non-hydrogen) atoms. The molecule has 1 heterocycles. The van der Waals surface area contributed by atoms with Gasteiger partial charge in [0, 0.05) is 6.54 Å². The normalized spacial score (nSPS) is 15.5. The predicted octanol–water partition coefficient (Wildman–Crippen LogP) is 3.04. The van der Waals surface area contributed by atoms with Crippen LogP contribution in [-0.2, 0) is 0 Å². The van der Waals surface area contributed by atoms with Crippen molar-refractivity contribution in [2.24, 2.45) is 0 Å². The number of aromatic nitrogens is 1. The van der Waals surface area contributed by atoms with Gasteiger partial charge in [0.05, 0.1) is 7.11 Å². The summed E-state index contributed by atoms with van der Waals surface area (Å²) in [5.41, 5.74) is 7.26. The van der Waals surface area contributed by atoms with Gasteiger partial charge in [-0.3, -0.25) is 0 Å². The topological polar surface area (TPSA) is 60.2 Å². The Morgan fingerprint density at radius 2 is 2.41 bits per heavy atom. The molecule has 3 N–H and O–H groups in total. The summed E-state index contributed by atoms with van der Waals surface area (Å²) in [6.45, 7) is 0.920. The zero-order valence-electron chi connectivity index (χ0n) is 10.2. The largest absolute Gasteiger partial charge is 0.490 e. The number of nitrogens with one attached hydrogen (secondary N) is 1. The van der Waals surface area contributed by atoms with E-state index in [2.05, 4.69) is 15.8 Å². The molecule has 0 fully saturated rings. The van der Waals surface area contributed by atoms with E-state index in [4.69, 9.17) is 10.5 Å². The summed E-state index contributed by atoms with van der Waals surface area (Å²) in [7, 11) is 1.62. The lowest BCUT2D eigenvalue weighted by molar-refractivity contribution is 0.419. The second-order valence-electron chi connectivity index (χ2n) is 4.22. The minimum absolute atomic E-state index is 0.469. The molecule has 5 heteroatoms. The Hall–Kier alpha value is -1.23. The Morgan fingerprint density at radius 1 is 1.53 bits per heavy atom. The van der Waals surface area contributed by atoms with Gasteiger partial charge in [0.25, 0.3) is 0 Å². The van der Waals surface area contributed by atoms with E-state index in [1.165, 1.54) is 37.2 Å². The van der Waals surface area contributed by atoms with E-state index < -0.39 is 0 Å². The lowest BCUT2D eigenvalue weighted by atomic mass is 9.97. The van der Waals surface area contributed by atoms with Gasteiger partial charge in [-0.2, -0.15) is 4.37 Å². The standard InChI is InChI=1S/C12H19N3OS/c1-16-10-11(13)15-17-12(10)14-8-7-9-5-3-2-4-6-9/h5,14H,2-4,6-8H2,1H3,(H2,13,15). The number of nitrogen functional groups attached to an aromatic ring is 1. The van der Waals surface area contributed by atoms with Crippen molar-refractivity contribution in [3.63, 3.8) is 0 Å². The van der Waals surface area contributed by atoms with Crippen molar-refractivity contribution in [3.8, 4) is 5.75 Å². The third kappa shape index (κ3) is 3.12. The minimum Gasteiger partial charge on any atom is -0.490 e. The van der Waals surface area contributed by atoms with Gasteiger partial charge in [-0.15, -0.1) is 0 Å². The van der Waals surface area contributed by atoms with Gasteiger partial charge in [-0.1, -0.05) is 11.6 Å². The molecule has 94 valence electrons. The number of hydrogen-bond donors (Lipinski definition) is 2. The molecule has 4 nitrogen and oxygen atoms in total. The number of anilines is 2. The van der Waals surface area contributed by atoms with E-state index in [1.807, 2.05) is 0 Å². The Balaban J connectivity index is 1.83. The fraction of sp³-hybridized carbons (Fsp3) is 0.583. The zero-order valence-corrected chi connectivity index (χ0v) is 11.0. The Bertz CT molecular complexity index is 400. The van der Waals surface area contributed by atoms with Crippen LogP contribution >= 0.6 is 11.5 Å². The molecule has 0 saturated carbocycles. The summed E-state index contributed by atoms with van der Waals surface area (Å²) in [6.07, 6.45) is 8.65. The number of hydrogen-bond acceptors (Lipinski definition) is 5. The van der Waals surface area contributed by atoms with Gasteiger partial charge in [0.1, 0.15) is 0 Å². The molecule has 0 saturated heterocycles. The number of nitrogens with two attached hydrogens (primary N) is 1. The molecule has 0 radical (unpaired) electrons. The molecule has 1 aliphatic rings. The van der Waals surface area contributed by atoms with Crippen LogP contribution in [0.25, 0.3) is 0 Å². The lowest BCUT2D eigenvalue weighted by Crippen LogP contribution is -2.04. The fourth-order valence-electron chi connectivity index (χ4n) is 2.07. The first-order valence-electron chi connectivity index (χ1n) is 6.02. The van der Waals surface area contributed by atoms with E-state index in [0.29, 0.717) is 11.6 Å². The number of methoxy groups -OCH3 is 1. The lowest BCUT2D eigenvalue weighted by Gasteiger charge is -2.13. The second-order valence-corrected chi connectivity index (χ2v) is 4.99. The highest BCUT2D eigenvalue weighted by atomic mass is 32.1. The van der Waals surface area contributed by atoms with Crippen molar-refractivity contribution in [1.82, 2.24) is 4.37 Å². The van der Waals surface area contributed by atoms with Crippen molar-refractivity contribution < 1.29 is 4.74 Å². The summed E-state index contributed by atoms with van der Waals surface area (Å²) in [4.78, 5) is 0. The van der Waals surface area contributed by atoms with Crippen molar-refractivity contribution in [1.29, 1.82) is 0 Å². The van der Waals surface area contributed by atoms with E-state index >= 15 is 0 Å². The Kier molecular flexibility index (Phi) is 4.25. The summed E-state index contributed by atoms with van der Waals surface area (Å²) in [6, 6.07) is 0. The molecule has 0 aromatic carbocycles. The van der Waals surface area contributed by atoms with Crippen molar-refractivity contribution in [2.75, 3.05) is 24.7 Å². The molecular weight excluding hydrogens is 234 g/mol. The quantitative estimate of drug-likeness (QED) is 0.792. The van der Waals surface area contributed by atoms with Gasteiger partial charge in [-0.25, -0.2) is 0 Å². The van der Waals surface area contributed by atoms with Gasteiger partial charge in [0.15, 0.2) is 16.6 Å². The highest BCUT2D eigenvalue weighted by Crippen LogP contribution is 2.34. The van der Waals surface area contributed by atoms with Crippen LogP contribution in [0.1, 0.15) is 32.1 Å². The predicted molar refractivity (Wildman–Crippen MR) is 72.7 cm³/mol. The van der Waals surface area contributed by atoms with Crippen LogP contribution in [0, 0.1) is 0 Å². The molecule has 2 rings (SSSR count). The Labute approximate surface area is 106 Å². The summed E-state index contributed by atoms with van der Waals surface area (Å²) in [5, 5.41) is 4.27. The van der Waals surface area contributed by atoms with Gasteiger partial charge in [-0.05, 0) is 43.6 Å². The van der Waals surface area contributed by atoms with Crippen LogP contribution in [0.15, 0.2) is 11.6 Å².